The zero-order chi connectivity index (χ0) is 12.1. The van der Waals surface area contributed by atoms with E-state index in [1.165, 1.54) is 5.56 Å². The SMILES string of the molecule is COc1ccc(CCc2ncc[nH]2)cc1OC. The van der Waals surface area contributed by atoms with Crippen LogP contribution in [0.3, 0.4) is 0 Å². The summed E-state index contributed by atoms with van der Waals surface area (Å²) in [6, 6.07) is 5.97. The second-order valence-corrected chi connectivity index (χ2v) is 3.73. The highest BCUT2D eigenvalue weighted by molar-refractivity contribution is 5.42. The van der Waals surface area contributed by atoms with Crippen LogP contribution in [0.1, 0.15) is 11.4 Å². The van der Waals surface area contributed by atoms with Gasteiger partial charge in [-0.15, -0.1) is 0 Å². The van der Waals surface area contributed by atoms with E-state index in [1.807, 2.05) is 24.4 Å². The smallest absolute Gasteiger partial charge is 0.160 e. The van der Waals surface area contributed by atoms with E-state index in [-0.39, 0.29) is 0 Å². The fourth-order valence-corrected chi connectivity index (χ4v) is 1.73. The van der Waals surface area contributed by atoms with Gasteiger partial charge in [0, 0.05) is 18.8 Å². The van der Waals surface area contributed by atoms with Gasteiger partial charge in [-0.05, 0) is 24.1 Å². The minimum atomic E-state index is 0.759. The lowest BCUT2D eigenvalue weighted by Gasteiger charge is -2.09. The van der Waals surface area contributed by atoms with Gasteiger partial charge in [-0.25, -0.2) is 4.98 Å². The molecule has 0 fully saturated rings. The highest BCUT2D eigenvalue weighted by Crippen LogP contribution is 2.27. The van der Waals surface area contributed by atoms with E-state index >= 15 is 0 Å². The Hall–Kier alpha value is -1.97. The van der Waals surface area contributed by atoms with Gasteiger partial charge < -0.3 is 14.5 Å². The van der Waals surface area contributed by atoms with Crippen LogP contribution >= 0.6 is 0 Å². The predicted octanol–water partition coefficient (Wildman–Crippen LogP) is 2.21. The number of imidazole rings is 1. The zero-order valence-corrected chi connectivity index (χ0v) is 10.1. The largest absolute Gasteiger partial charge is 0.493 e. The van der Waals surface area contributed by atoms with E-state index in [0.29, 0.717) is 0 Å². The number of ether oxygens (including phenoxy) is 2. The number of nitrogens with one attached hydrogen (secondary N) is 1. The molecule has 0 atom stereocenters. The van der Waals surface area contributed by atoms with Crippen molar-refractivity contribution in [3.8, 4) is 11.5 Å². The number of aryl methyl sites for hydroxylation is 2. The lowest BCUT2D eigenvalue weighted by atomic mass is 10.1. The topological polar surface area (TPSA) is 47.1 Å². The van der Waals surface area contributed by atoms with Crippen molar-refractivity contribution >= 4 is 0 Å². The summed E-state index contributed by atoms with van der Waals surface area (Å²) in [5, 5.41) is 0. The average Bonchev–Trinajstić information content (AvgIpc) is 2.89. The molecular weight excluding hydrogens is 216 g/mol. The molecule has 0 aliphatic heterocycles. The van der Waals surface area contributed by atoms with Crippen molar-refractivity contribution in [2.75, 3.05) is 14.2 Å². The van der Waals surface area contributed by atoms with E-state index in [1.54, 1.807) is 20.4 Å². The molecular formula is C13H16N2O2. The first-order valence-electron chi connectivity index (χ1n) is 5.52. The maximum Gasteiger partial charge on any atom is 0.160 e. The Morgan fingerprint density at radius 3 is 2.59 bits per heavy atom. The molecule has 0 radical (unpaired) electrons. The normalized spacial score (nSPS) is 10.2. The first kappa shape index (κ1) is 11.5. The first-order chi connectivity index (χ1) is 8.33. The molecule has 0 aliphatic carbocycles. The summed E-state index contributed by atoms with van der Waals surface area (Å²) < 4.78 is 10.5. The molecule has 0 unspecified atom stereocenters. The van der Waals surface area contributed by atoms with Gasteiger partial charge in [-0.3, -0.25) is 0 Å². The Labute approximate surface area is 101 Å². The molecule has 1 heterocycles. The number of methoxy groups -OCH3 is 2. The Bertz CT molecular complexity index is 466. The molecule has 0 saturated heterocycles. The summed E-state index contributed by atoms with van der Waals surface area (Å²) in [4.78, 5) is 7.29. The van der Waals surface area contributed by atoms with Crippen LogP contribution in [0.4, 0.5) is 0 Å². The number of hydrogen-bond acceptors (Lipinski definition) is 3. The van der Waals surface area contributed by atoms with Crippen molar-refractivity contribution in [3.05, 3.63) is 42.0 Å². The third-order valence-electron chi connectivity index (χ3n) is 2.65. The first-order valence-corrected chi connectivity index (χ1v) is 5.52. The van der Waals surface area contributed by atoms with Gasteiger partial charge in [0.15, 0.2) is 11.5 Å². The summed E-state index contributed by atoms with van der Waals surface area (Å²) in [7, 11) is 3.29. The fraction of sp³-hybridized carbons (Fsp3) is 0.308. The van der Waals surface area contributed by atoms with Crippen molar-refractivity contribution < 1.29 is 9.47 Å². The lowest BCUT2D eigenvalue weighted by molar-refractivity contribution is 0.354. The molecule has 0 spiro atoms. The molecule has 4 heteroatoms. The van der Waals surface area contributed by atoms with Gasteiger partial charge in [0.2, 0.25) is 0 Å². The summed E-state index contributed by atoms with van der Waals surface area (Å²) in [6.07, 6.45) is 5.42. The lowest BCUT2D eigenvalue weighted by Crippen LogP contribution is -1.96. The van der Waals surface area contributed by atoms with E-state index in [2.05, 4.69) is 9.97 Å². The van der Waals surface area contributed by atoms with Crippen LogP contribution in [-0.4, -0.2) is 24.2 Å². The molecule has 2 rings (SSSR count). The second kappa shape index (κ2) is 5.39. The minimum Gasteiger partial charge on any atom is -0.493 e. The Morgan fingerprint density at radius 2 is 1.94 bits per heavy atom. The summed E-state index contributed by atoms with van der Waals surface area (Å²) in [6.45, 7) is 0. The summed E-state index contributed by atoms with van der Waals surface area (Å²) >= 11 is 0. The van der Waals surface area contributed by atoms with E-state index < -0.39 is 0 Å². The molecule has 2 aromatic rings. The number of nitrogens with zero attached hydrogens (tertiary/aromatic N) is 1. The molecule has 17 heavy (non-hydrogen) atoms. The number of hydrogen-bond donors (Lipinski definition) is 1. The van der Waals surface area contributed by atoms with Gasteiger partial charge in [0.25, 0.3) is 0 Å². The highest BCUT2D eigenvalue weighted by Gasteiger charge is 2.05. The number of benzene rings is 1. The van der Waals surface area contributed by atoms with Crippen LogP contribution in [0.15, 0.2) is 30.6 Å². The van der Waals surface area contributed by atoms with Crippen molar-refractivity contribution in [3.63, 3.8) is 0 Å². The van der Waals surface area contributed by atoms with Crippen molar-refractivity contribution in [2.24, 2.45) is 0 Å². The highest BCUT2D eigenvalue weighted by atomic mass is 16.5. The van der Waals surface area contributed by atoms with Crippen LogP contribution in [0, 0.1) is 0 Å². The van der Waals surface area contributed by atoms with Crippen LogP contribution in [0.2, 0.25) is 0 Å². The quantitative estimate of drug-likeness (QED) is 0.859. The summed E-state index contributed by atoms with van der Waals surface area (Å²) in [5.74, 6) is 2.53. The molecule has 1 N–H and O–H groups in total. The standard InChI is InChI=1S/C13H16N2O2/c1-16-11-5-3-10(9-12(11)17-2)4-6-13-14-7-8-15-13/h3,5,7-9H,4,6H2,1-2H3,(H,14,15). The summed E-state index contributed by atoms with van der Waals surface area (Å²) in [5.41, 5.74) is 1.21. The van der Waals surface area contributed by atoms with Crippen LogP contribution < -0.4 is 9.47 Å². The molecule has 0 aliphatic rings. The second-order valence-electron chi connectivity index (χ2n) is 3.73. The van der Waals surface area contributed by atoms with E-state index in [9.17, 15) is 0 Å². The van der Waals surface area contributed by atoms with Gasteiger partial charge >= 0.3 is 0 Å². The van der Waals surface area contributed by atoms with Crippen molar-refractivity contribution in [1.82, 2.24) is 9.97 Å². The van der Waals surface area contributed by atoms with E-state index in [4.69, 9.17) is 9.47 Å². The molecule has 1 aromatic carbocycles. The molecule has 0 saturated carbocycles. The number of aromatic amines is 1. The van der Waals surface area contributed by atoms with Gasteiger partial charge in [0.1, 0.15) is 5.82 Å². The van der Waals surface area contributed by atoms with Crippen LogP contribution in [0.25, 0.3) is 0 Å². The van der Waals surface area contributed by atoms with E-state index in [0.717, 1.165) is 30.2 Å². The minimum absolute atomic E-state index is 0.759. The number of rotatable bonds is 5. The van der Waals surface area contributed by atoms with Crippen molar-refractivity contribution in [1.29, 1.82) is 0 Å². The molecule has 90 valence electrons. The van der Waals surface area contributed by atoms with Crippen LogP contribution in [0.5, 0.6) is 11.5 Å². The Kier molecular flexibility index (Phi) is 3.65. The fourth-order valence-electron chi connectivity index (χ4n) is 1.73. The van der Waals surface area contributed by atoms with Gasteiger partial charge in [0.05, 0.1) is 14.2 Å². The Balaban J connectivity index is 2.06. The third kappa shape index (κ3) is 2.78. The predicted molar refractivity (Wildman–Crippen MR) is 65.5 cm³/mol. The maximum absolute atomic E-state index is 5.27. The Morgan fingerprint density at radius 1 is 1.12 bits per heavy atom. The third-order valence-corrected chi connectivity index (χ3v) is 2.65. The van der Waals surface area contributed by atoms with Crippen LogP contribution in [-0.2, 0) is 12.8 Å². The number of aromatic nitrogens is 2. The number of H-pyrrole nitrogens is 1. The van der Waals surface area contributed by atoms with Gasteiger partial charge in [-0.1, -0.05) is 6.07 Å². The molecule has 1 aromatic heterocycles. The average molecular weight is 232 g/mol. The zero-order valence-electron chi connectivity index (χ0n) is 10.1. The monoisotopic (exact) mass is 232 g/mol. The molecule has 4 nitrogen and oxygen atoms in total. The van der Waals surface area contributed by atoms with Gasteiger partial charge in [-0.2, -0.15) is 0 Å². The van der Waals surface area contributed by atoms with Crippen molar-refractivity contribution in [2.45, 2.75) is 12.8 Å². The molecule has 0 amide bonds. The molecule has 0 bridgehead atoms. The maximum atomic E-state index is 5.27.